The number of nitrogens with zero attached hydrogens (tertiary/aromatic N) is 3. The predicted octanol–water partition coefficient (Wildman–Crippen LogP) is 3.17. The van der Waals surface area contributed by atoms with Crippen molar-refractivity contribution in [1.29, 1.82) is 0 Å². The van der Waals surface area contributed by atoms with Crippen molar-refractivity contribution in [1.82, 2.24) is 14.5 Å². The summed E-state index contributed by atoms with van der Waals surface area (Å²) >= 11 is 0. The van der Waals surface area contributed by atoms with Gasteiger partial charge in [-0.2, -0.15) is 0 Å². The lowest BCUT2D eigenvalue weighted by molar-refractivity contribution is 0.0788. The van der Waals surface area contributed by atoms with Crippen LogP contribution >= 0.6 is 0 Å². The number of rotatable bonds is 5. The molecule has 1 saturated carbocycles. The lowest BCUT2D eigenvalue weighted by Crippen LogP contribution is -2.40. The quantitative estimate of drug-likeness (QED) is 0.844. The molecule has 0 radical (unpaired) electrons. The van der Waals surface area contributed by atoms with Gasteiger partial charge >= 0.3 is 0 Å². The molecule has 4 rings (SSSR count). The highest BCUT2D eigenvalue weighted by molar-refractivity contribution is 5.31. The van der Waals surface area contributed by atoms with Crippen LogP contribution in [0.4, 0.5) is 0 Å². The van der Waals surface area contributed by atoms with Gasteiger partial charge in [-0.25, -0.2) is 4.98 Å². The van der Waals surface area contributed by atoms with Crippen molar-refractivity contribution in [3.8, 4) is 5.75 Å². The van der Waals surface area contributed by atoms with E-state index in [0.29, 0.717) is 12.1 Å². The average molecular weight is 283 g/mol. The minimum atomic E-state index is 0.516. The molecule has 2 fully saturated rings. The Morgan fingerprint density at radius 1 is 1.29 bits per heavy atom. The fraction of sp³-hybridized carbons (Fsp3) is 0.471. The molecule has 1 saturated heterocycles. The van der Waals surface area contributed by atoms with Gasteiger partial charge in [-0.15, -0.1) is 0 Å². The van der Waals surface area contributed by atoms with Crippen LogP contribution in [-0.4, -0.2) is 28.1 Å². The van der Waals surface area contributed by atoms with Crippen molar-refractivity contribution in [3.05, 3.63) is 48.0 Å². The van der Waals surface area contributed by atoms with Gasteiger partial charge in [-0.05, 0) is 37.0 Å². The van der Waals surface area contributed by atoms with Gasteiger partial charge in [-0.3, -0.25) is 4.90 Å². The fourth-order valence-corrected chi connectivity index (χ4v) is 3.20. The van der Waals surface area contributed by atoms with Crippen molar-refractivity contribution < 1.29 is 4.74 Å². The number of aromatic nitrogens is 2. The number of hydrogen-bond donors (Lipinski definition) is 0. The van der Waals surface area contributed by atoms with E-state index < -0.39 is 0 Å². The van der Waals surface area contributed by atoms with Crippen LogP contribution in [0.2, 0.25) is 0 Å². The van der Waals surface area contributed by atoms with Crippen LogP contribution < -0.4 is 4.74 Å². The zero-order valence-electron chi connectivity index (χ0n) is 12.4. The van der Waals surface area contributed by atoms with Crippen LogP contribution in [0.25, 0.3) is 0 Å². The van der Waals surface area contributed by atoms with Crippen LogP contribution in [0.15, 0.2) is 36.8 Å². The topological polar surface area (TPSA) is 30.3 Å². The Bertz CT molecular complexity index is 632. The maximum absolute atomic E-state index is 5.34. The second-order valence-electron chi connectivity index (χ2n) is 6.07. The normalized spacial score (nSPS) is 22.0. The zero-order valence-corrected chi connectivity index (χ0v) is 12.4. The number of ether oxygens (including phenoxy) is 1. The predicted molar refractivity (Wildman–Crippen MR) is 81.3 cm³/mol. The van der Waals surface area contributed by atoms with Crippen LogP contribution in [0.5, 0.6) is 5.75 Å². The highest BCUT2D eigenvalue weighted by Gasteiger charge is 2.32. The standard InChI is InChI=1S/C17H21N3O/c1-21-16-4-2-3-13(9-16)17-7-8-19(17)11-15-10-18-12-20(15)14-5-6-14/h2-4,9-10,12,14,17H,5-8,11H2,1H3/t17-/m1/s1. The summed E-state index contributed by atoms with van der Waals surface area (Å²) in [6.07, 6.45) is 7.86. The summed E-state index contributed by atoms with van der Waals surface area (Å²) in [6.45, 7) is 2.16. The molecule has 4 heteroatoms. The first-order chi connectivity index (χ1) is 10.3. The number of likely N-dealkylation sites (tertiary alicyclic amines) is 1. The molecular formula is C17H21N3O. The second-order valence-corrected chi connectivity index (χ2v) is 6.07. The first-order valence-electron chi connectivity index (χ1n) is 7.74. The number of benzene rings is 1. The van der Waals surface area contributed by atoms with Gasteiger partial charge in [0.15, 0.2) is 0 Å². The second kappa shape index (κ2) is 5.19. The molecule has 0 amide bonds. The molecule has 1 atom stereocenters. The molecule has 2 aromatic rings. The molecule has 1 aromatic carbocycles. The van der Waals surface area contributed by atoms with Crippen LogP contribution in [0.3, 0.4) is 0 Å². The highest BCUT2D eigenvalue weighted by Crippen LogP contribution is 2.38. The lowest BCUT2D eigenvalue weighted by atomic mass is 9.94. The van der Waals surface area contributed by atoms with Gasteiger partial charge in [0.1, 0.15) is 5.75 Å². The van der Waals surface area contributed by atoms with Gasteiger partial charge in [0.2, 0.25) is 0 Å². The third kappa shape index (κ3) is 2.44. The molecular weight excluding hydrogens is 262 g/mol. The van der Waals surface area contributed by atoms with Gasteiger partial charge in [0.05, 0.1) is 19.1 Å². The van der Waals surface area contributed by atoms with Crippen LogP contribution in [-0.2, 0) is 6.54 Å². The van der Waals surface area contributed by atoms with Gasteiger partial charge < -0.3 is 9.30 Å². The summed E-state index contributed by atoms with van der Waals surface area (Å²) in [4.78, 5) is 6.87. The van der Waals surface area contributed by atoms with E-state index in [4.69, 9.17) is 4.74 Å². The monoisotopic (exact) mass is 283 g/mol. The van der Waals surface area contributed by atoms with Crippen LogP contribution in [0, 0.1) is 0 Å². The van der Waals surface area contributed by atoms with E-state index in [1.54, 1.807) is 7.11 Å². The highest BCUT2D eigenvalue weighted by atomic mass is 16.5. The first kappa shape index (κ1) is 12.9. The Morgan fingerprint density at radius 2 is 2.19 bits per heavy atom. The van der Waals surface area contributed by atoms with Crippen molar-refractivity contribution in [2.45, 2.75) is 37.9 Å². The van der Waals surface area contributed by atoms with Crippen molar-refractivity contribution in [3.63, 3.8) is 0 Å². The Morgan fingerprint density at radius 3 is 2.90 bits per heavy atom. The van der Waals surface area contributed by atoms with Crippen LogP contribution in [0.1, 0.15) is 42.6 Å². The van der Waals surface area contributed by atoms with E-state index in [1.165, 1.54) is 30.5 Å². The molecule has 2 heterocycles. The molecule has 1 aliphatic heterocycles. The Kier molecular flexibility index (Phi) is 3.19. The molecule has 0 bridgehead atoms. The SMILES string of the molecule is COc1cccc([C@H]2CCN2Cc2cncn2C2CC2)c1. The summed E-state index contributed by atoms with van der Waals surface area (Å²) in [5.41, 5.74) is 2.71. The third-order valence-corrected chi connectivity index (χ3v) is 4.66. The molecule has 2 aliphatic rings. The largest absolute Gasteiger partial charge is 0.497 e. The van der Waals surface area contributed by atoms with E-state index in [9.17, 15) is 0 Å². The summed E-state index contributed by atoms with van der Waals surface area (Å²) in [5, 5.41) is 0. The Hall–Kier alpha value is -1.81. The lowest BCUT2D eigenvalue weighted by Gasteiger charge is -2.41. The molecule has 0 N–H and O–H groups in total. The van der Waals surface area contributed by atoms with Crippen molar-refractivity contribution in [2.75, 3.05) is 13.7 Å². The minimum absolute atomic E-state index is 0.516. The molecule has 110 valence electrons. The molecule has 1 aromatic heterocycles. The Balaban J connectivity index is 1.49. The molecule has 1 aliphatic carbocycles. The maximum Gasteiger partial charge on any atom is 0.119 e. The number of imidazole rings is 1. The Labute approximate surface area is 125 Å². The molecule has 0 spiro atoms. The van der Waals surface area contributed by atoms with E-state index in [1.807, 2.05) is 18.6 Å². The third-order valence-electron chi connectivity index (χ3n) is 4.66. The van der Waals surface area contributed by atoms with Gasteiger partial charge in [-0.1, -0.05) is 12.1 Å². The fourth-order valence-electron chi connectivity index (χ4n) is 3.20. The maximum atomic E-state index is 5.34. The number of hydrogen-bond acceptors (Lipinski definition) is 3. The zero-order chi connectivity index (χ0) is 14.2. The summed E-state index contributed by atoms with van der Waals surface area (Å²) in [6, 6.07) is 9.68. The van der Waals surface area contributed by atoms with Gasteiger partial charge in [0.25, 0.3) is 0 Å². The average Bonchev–Trinajstić information content (AvgIpc) is 3.23. The smallest absolute Gasteiger partial charge is 0.119 e. The summed E-state index contributed by atoms with van der Waals surface area (Å²) < 4.78 is 7.70. The number of methoxy groups -OCH3 is 1. The minimum Gasteiger partial charge on any atom is -0.497 e. The van der Waals surface area contributed by atoms with Gasteiger partial charge in [0, 0.05) is 31.4 Å². The van der Waals surface area contributed by atoms with E-state index in [2.05, 4.69) is 32.7 Å². The van der Waals surface area contributed by atoms with E-state index in [0.717, 1.165) is 18.8 Å². The molecule has 0 unspecified atom stereocenters. The van der Waals surface area contributed by atoms with E-state index >= 15 is 0 Å². The summed E-state index contributed by atoms with van der Waals surface area (Å²) in [5.74, 6) is 0.947. The molecule has 21 heavy (non-hydrogen) atoms. The summed E-state index contributed by atoms with van der Waals surface area (Å²) in [7, 11) is 1.73. The molecule has 4 nitrogen and oxygen atoms in total. The first-order valence-corrected chi connectivity index (χ1v) is 7.74. The van der Waals surface area contributed by atoms with Crippen molar-refractivity contribution >= 4 is 0 Å². The van der Waals surface area contributed by atoms with Crippen molar-refractivity contribution in [2.24, 2.45) is 0 Å². The van der Waals surface area contributed by atoms with E-state index in [-0.39, 0.29) is 0 Å².